The lowest BCUT2D eigenvalue weighted by Crippen LogP contribution is -2.44. The van der Waals surface area contributed by atoms with Gasteiger partial charge >= 0.3 is 0 Å². The average molecular weight is 423 g/mol. The minimum Gasteiger partial charge on any atom is -0.495 e. The van der Waals surface area contributed by atoms with Gasteiger partial charge in [0.2, 0.25) is 15.9 Å². The fraction of sp³-hybridized carbons (Fsp3) is 0.350. The Hall–Kier alpha value is -2.78. The maximum atomic E-state index is 12.7. The van der Waals surface area contributed by atoms with Gasteiger partial charge in [0.1, 0.15) is 10.6 Å². The van der Waals surface area contributed by atoms with Gasteiger partial charge in [-0.1, -0.05) is 12.1 Å². The lowest BCUT2D eigenvalue weighted by molar-refractivity contribution is -0.122. The van der Waals surface area contributed by atoms with Crippen LogP contribution >= 0.6 is 0 Å². The van der Waals surface area contributed by atoms with Gasteiger partial charge in [0.15, 0.2) is 11.5 Å². The molecule has 1 unspecified atom stereocenters. The number of sulfonamides is 1. The summed E-state index contributed by atoms with van der Waals surface area (Å²) in [4.78, 5) is 12.4. The molecule has 0 saturated heterocycles. The number of aryl methyl sites for hydroxylation is 1. The summed E-state index contributed by atoms with van der Waals surface area (Å²) in [6, 6.07) is 9.10. The zero-order valence-electron chi connectivity index (χ0n) is 17.1. The van der Waals surface area contributed by atoms with Crippen molar-refractivity contribution in [1.82, 2.24) is 10.0 Å². The molecule has 2 N–H and O–H groups in total. The highest BCUT2D eigenvalue weighted by Gasteiger charge is 2.25. The van der Waals surface area contributed by atoms with Crippen LogP contribution in [0.4, 0.5) is 0 Å². The normalized spacial score (nSPS) is 12.2. The topological polar surface area (TPSA) is 103 Å². The fourth-order valence-corrected chi connectivity index (χ4v) is 4.13. The minimum absolute atomic E-state index is 0.0143. The zero-order chi connectivity index (χ0) is 21.6. The summed E-state index contributed by atoms with van der Waals surface area (Å²) in [6.07, 6.45) is 0. The van der Waals surface area contributed by atoms with Crippen molar-refractivity contribution in [2.75, 3.05) is 21.3 Å². The number of hydrogen-bond acceptors (Lipinski definition) is 6. The van der Waals surface area contributed by atoms with Crippen molar-refractivity contribution in [2.45, 2.75) is 31.3 Å². The monoisotopic (exact) mass is 422 g/mol. The second-order valence-electron chi connectivity index (χ2n) is 6.40. The molecule has 29 heavy (non-hydrogen) atoms. The third-order valence-corrected chi connectivity index (χ3v) is 5.81. The third kappa shape index (κ3) is 5.61. The van der Waals surface area contributed by atoms with Crippen molar-refractivity contribution in [3.63, 3.8) is 0 Å². The summed E-state index contributed by atoms with van der Waals surface area (Å²) in [7, 11) is 0.509. The molecule has 2 aromatic carbocycles. The number of amides is 1. The summed E-state index contributed by atoms with van der Waals surface area (Å²) in [6.45, 7) is 3.46. The van der Waals surface area contributed by atoms with E-state index in [4.69, 9.17) is 14.2 Å². The summed E-state index contributed by atoms with van der Waals surface area (Å²) >= 11 is 0. The maximum Gasteiger partial charge on any atom is 0.244 e. The van der Waals surface area contributed by atoms with Crippen molar-refractivity contribution in [2.24, 2.45) is 0 Å². The zero-order valence-corrected chi connectivity index (χ0v) is 17.9. The van der Waals surface area contributed by atoms with Crippen LogP contribution in [0, 0.1) is 6.92 Å². The van der Waals surface area contributed by atoms with E-state index in [2.05, 4.69) is 10.0 Å². The molecule has 9 heteroatoms. The van der Waals surface area contributed by atoms with E-state index in [1.807, 2.05) is 0 Å². The smallest absolute Gasteiger partial charge is 0.244 e. The molecule has 0 aliphatic rings. The summed E-state index contributed by atoms with van der Waals surface area (Å²) < 4.78 is 43.3. The first-order valence-electron chi connectivity index (χ1n) is 8.87. The number of rotatable bonds is 9. The van der Waals surface area contributed by atoms with E-state index in [1.54, 1.807) is 37.3 Å². The Morgan fingerprint density at radius 3 is 2.21 bits per heavy atom. The van der Waals surface area contributed by atoms with Crippen LogP contribution in [0.2, 0.25) is 0 Å². The highest BCUT2D eigenvalue weighted by Crippen LogP contribution is 2.27. The van der Waals surface area contributed by atoms with Crippen LogP contribution in [-0.4, -0.2) is 41.7 Å². The quantitative estimate of drug-likeness (QED) is 0.641. The molecule has 0 heterocycles. The number of carbonyl (C=O) groups excluding carboxylic acids is 1. The van der Waals surface area contributed by atoms with Crippen LogP contribution in [0.1, 0.15) is 18.1 Å². The first kappa shape index (κ1) is 22.5. The van der Waals surface area contributed by atoms with Gasteiger partial charge in [0.25, 0.3) is 0 Å². The molecule has 158 valence electrons. The van der Waals surface area contributed by atoms with Crippen molar-refractivity contribution < 1.29 is 27.4 Å². The van der Waals surface area contributed by atoms with E-state index in [0.29, 0.717) is 11.5 Å². The Labute approximate surface area is 171 Å². The van der Waals surface area contributed by atoms with Crippen molar-refractivity contribution >= 4 is 15.9 Å². The van der Waals surface area contributed by atoms with Gasteiger partial charge < -0.3 is 19.5 Å². The van der Waals surface area contributed by atoms with Crippen LogP contribution in [0.5, 0.6) is 17.2 Å². The highest BCUT2D eigenvalue weighted by molar-refractivity contribution is 7.89. The fourth-order valence-electron chi connectivity index (χ4n) is 2.68. The summed E-state index contributed by atoms with van der Waals surface area (Å²) in [5.74, 6) is 0.867. The number of methoxy groups -OCH3 is 3. The molecular formula is C20H26N2O6S. The lowest BCUT2D eigenvalue weighted by Gasteiger charge is -2.16. The molecule has 1 amide bonds. The van der Waals surface area contributed by atoms with Gasteiger partial charge in [-0.15, -0.1) is 0 Å². The Morgan fingerprint density at radius 1 is 0.966 bits per heavy atom. The van der Waals surface area contributed by atoms with Crippen LogP contribution < -0.4 is 24.2 Å². The van der Waals surface area contributed by atoms with Crippen LogP contribution in [-0.2, 0) is 21.4 Å². The predicted molar refractivity (Wildman–Crippen MR) is 109 cm³/mol. The van der Waals surface area contributed by atoms with Gasteiger partial charge in [-0.3, -0.25) is 4.79 Å². The number of nitrogens with one attached hydrogen (secondary N) is 2. The van der Waals surface area contributed by atoms with E-state index >= 15 is 0 Å². The van der Waals surface area contributed by atoms with Crippen LogP contribution in [0.3, 0.4) is 0 Å². The Kier molecular flexibility index (Phi) is 7.46. The van der Waals surface area contributed by atoms with Crippen molar-refractivity contribution in [1.29, 1.82) is 0 Å². The Balaban J connectivity index is 2.06. The molecule has 0 aliphatic heterocycles. The number of ether oxygens (including phenoxy) is 3. The second kappa shape index (κ2) is 9.62. The first-order chi connectivity index (χ1) is 13.7. The van der Waals surface area contributed by atoms with E-state index in [-0.39, 0.29) is 17.2 Å². The highest BCUT2D eigenvalue weighted by atomic mass is 32.2. The second-order valence-corrected chi connectivity index (χ2v) is 8.09. The molecular weight excluding hydrogens is 396 g/mol. The Morgan fingerprint density at radius 2 is 1.59 bits per heavy atom. The molecule has 0 aliphatic carbocycles. The van der Waals surface area contributed by atoms with E-state index < -0.39 is 22.0 Å². The molecule has 0 radical (unpaired) electrons. The number of benzene rings is 2. The van der Waals surface area contributed by atoms with Crippen molar-refractivity contribution in [3.05, 3.63) is 47.5 Å². The van der Waals surface area contributed by atoms with Gasteiger partial charge in [-0.2, -0.15) is 4.72 Å². The predicted octanol–water partition coefficient (Wildman–Crippen LogP) is 2.00. The molecule has 2 aromatic rings. The van der Waals surface area contributed by atoms with Gasteiger partial charge in [0.05, 0.1) is 27.4 Å². The molecule has 0 saturated carbocycles. The summed E-state index contributed by atoms with van der Waals surface area (Å²) in [5, 5.41) is 2.71. The van der Waals surface area contributed by atoms with Crippen molar-refractivity contribution in [3.8, 4) is 17.2 Å². The van der Waals surface area contributed by atoms with E-state index in [0.717, 1.165) is 11.1 Å². The molecule has 0 aromatic heterocycles. The van der Waals surface area contributed by atoms with E-state index in [9.17, 15) is 13.2 Å². The standard InChI is InChI=1S/C20H26N2O6S/c1-13-6-8-17(27-4)19(10-13)29(24,25)22-14(2)20(23)21-12-15-7-9-16(26-3)18(11-15)28-5/h6-11,14,22H,12H2,1-5H3,(H,21,23). The average Bonchev–Trinajstić information content (AvgIpc) is 2.71. The van der Waals surface area contributed by atoms with E-state index in [1.165, 1.54) is 34.3 Å². The largest absolute Gasteiger partial charge is 0.495 e. The Bertz CT molecular complexity index is 975. The number of hydrogen-bond donors (Lipinski definition) is 2. The van der Waals surface area contributed by atoms with Crippen LogP contribution in [0.25, 0.3) is 0 Å². The third-order valence-electron chi connectivity index (χ3n) is 4.25. The number of carbonyl (C=O) groups is 1. The molecule has 1 atom stereocenters. The van der Waals surface area contributed by atoms with Gasteiger partial charge in [-0.05, 0) is 49.2 Å². The molecule has 0 fully saturated rings. The van der Waals surface area contributed by atoms with Gasteiger partial charge in [-0.25, -0.2) is 8.42 Å². The minimum atomic E-state index is -3.94. The lowest BCUT2D eigenvalue weighted by atomic mass is 10.2. The van der Waals surface area contributed by atoms with Crippen LogP contribution in [0.15, 0.2) is 41.3 Å². The molecule has 2 rings (SSSR count). The summed E-state index contributed by atoms with van der Waals surface area (Å²) in [5.41, 5.74) is 1.54. The molecule has 8 nitrogen and oxygen atoms in total. The first-order valence-corrected chi connectivity index (χ1v) is 10.4. The molecule has 0 spiro atoms. The maximum absolute atomic E-state index is 12.7. The SMILES string of the molecule is COc1ccc(CNC(=O)C(C)NS(=O)(=O)c2cc(C)ccc2OC)cc1OC. The molecule has 0 bridgehead atoms. The van der Waals surface area contributed by atoms with Gasteiger partial charge in [0, 0.05) is 6.54 Å².